The van der Waals surface area contributed by atoms with E-state index in [1.54, 1.807) is 12.1 Å². The maximum atomic E-state index is 14.6. The molecule has 4 aromatic rings. The summed E-state index contributed by atoms with van der Waals surface area (Å²) in [7, 11) is 0. The van der Waals surface area contributed by atoms with Gasteiger partial charge in [-0.25, -0.2) is 4.39 Å². The molecule has 2 saturated carbocycles. The molecule has 2 aliphatic rings. The molecule has 1 heterocycles. The molecule has 0 radical (unpaired) electrons. The molecule has 1 amide bonds. The lowest BCUT2D eigenvalue weighted by Crippen LogP contribution is -2.55. The summed E-state index contributed by atoms with van der Waals surface area (Å²) in [6.07, 6.45) is 6.59. The Kier molecular flexibility index (Phi) is 5.05. The van der Waals surface area contributed by atoms with Gasteiger partial charge >= 0.3 is 0 Å². The third kappa shape index (κ3) is 3.71. The average molecular weight is 453 g/mol. The van der Waals surface area contributed by atoms with Crippen molar-refractivity contribution in [3.8, 4) is 11.1 Å². The van der Waals surface area contributed by atoms with Gasteiger partial charge in [0.25, 0.3) is 5.91 Å². The summed E-state index contributed by atoms with van der Waals surface area (Å²) in [6, 6.07) is 23.7. The lowest BCUT2D eigenvalue weighted by molar-refractivity contribution is -0.0399. The second kappa shape index (κ2) is 8.12. The number of carbonyl (C=O) groups excluding carboxylic acids is 1. The highest BCUT2D eigenvalue weighted by Gasteiger charge is 2.51. The molecule has 0 atom stereocenters. The molecule has 3 nitrogen and oxygen atoms in total. The monoisotopic (exact) mass is 452 g/mol. The molecule has 172 valence electrons. The van der Waals surface area contributed by atoms with Crippen LogP contribution in [0.5, 0.6) is 0 Å². The number of amides is 1. The average Bonchev–Trinajstić information content (AvgIpc) is 3.22. The van der Waals surface area contributed by atoms with E-state index in [0.717, 1.165) is 29.9 Å². The molecular formula is C30H29FN2O. The van der Waals surface area contributed by atoms with Crippen molar-refractivity contribution in [1.82, 2.24) is 9.88 Å². The fourth-order valence-electron chi connectivity index (χ4n) is 6.34. The predicted octanol–water partition coefficient (Wildman–Crippen LogP) is 6.80. The second-order valence-corrected chi connectivity index (χ2v) is 10.5. The number of rotatable bonds is 5. The number of halogens is 1. The van der Waals surface area contributed by atoms with Crippen LogP contribution in [0.15, 0.2) is 79.0 Å². The number of carbonyl (C=O) groups is 1. The van der Waals surface area contributed by atoms with Crippen LogP contribution in [0, 0.1) is 17.2 Å². The van der Waals surface area contributed by atoms with Crippen LogP contribution >= 0.6 is 0 Å². The maximum Gasteiger partial charge on any atom is 0.253 e. The zero-order valence-corrected chi connectivity index (χ0v) is 19.4. The molecule has 2 aliphatic carbocycles. The van der Waals surface area contributed by atoms with Crippen LogP contribution in [0.2, 0.25) is 0 Å². The summed E-state index contributed by atoms with van der Waals surface area (Å²) in [5.74, 6) is 0.422. The number of aromatic nitrogens is 1. The number of fused-ring (bicyclic) bond motifs is 1. The number of benzene rings is 3. The van der Waals surface area contributed by atoms with E-state index in [0.29, 0.717) is 28.4 Å². The quantitative estimate of drug-likeness (QED) is 0.355. The second-order valence-electron chi connectivity index (χ2n) is 10.5. The Morgan fingerprint density at radius 2 is 1.65 bits per heavy atom. The van der Waals surface area contributed by atoms with Gasteiger partial charge in [-0.3, -0.25) is 4.79 Å². The van der Waals surface area contributed by atoms with Gasteiger partial charge in [-0.1, -0.05) is 61.5 Å². The van der Waals surface area contributed by atoms with Gasteiger partial charge in [-0.05, 0) is 71.9 Å². The Bertz CT molecular complexity index is 1340. The fourth-order valence-corrected chi connectivity index (χ4v) is 6.34. The molecule has 3 aromatic carbocycles. The Labute approximate surface area is 199 Å². The summed E-state index contributed by atoms with van der Waals surface area (Å²) >= 11 is 0. The predicted molar refractivity (Wildman–Crippen MR) is 134 cm³/mol. The minimum absolute atomic E-state index is 0.100. The highest BCUT2D eigenvalue weighted by Crippen LogP contribution is 2.58. The summed E-state index contributed by atoms with van der Waals surface area (Å²) in [6.45, 7) is 2.88. The van der Waals surface area contributed by atoms with Crippen molar-refractivity contribution in [2.75, 3.05) is 0 Å². The molecular weight excluding hydrogens is 423 g/mol. The minimum atomic E-state index is -0.296. The largest absolute Gasteiger partial charge is 0.349 e. The summed E-state index contributed by atoms with van der Waals surface area (Å²) < 4.78 is 16.6. The van der Waals surface area contributed by atoms with Crippen molar-refractivity contribution in [1.29, 1.82) is 0 Å². The van der Waals surface area contributed by atoms with Crippen LogP contribution in [-0.4, -0.2) is 16.5 Å². The van der Waals surface area contributed by atoms with Gasteiger partial charge in [-0.2, -0.15) is 0 Å². The zero-order chi connectivity index (χ0) is 23.3. The van der Waals surface area contributed by atoms with E-state index < -0.39 is 0 Å². The van der Waals surface area contributed by atoms with E-state index in [1.807, 2.05) is 29.0 Å². The molecule has 34 heavy (non-hydrogen) atoms. The van der Waals surface area contributed by atoms with Crippen molar-refractivity contribution in [2.45, 2.75) is 45.2 Å². The van der Waals surface area contributed by atoms with E-state index in [4.69, 9.17) is 0 Å². The van der Waals surface area contributed by atoms with Gasteiger partial charge in [0, 0.05) is 24.2 Å². The van der Waals surface area contributed by atoms with Crippen LogP contribution in [0.25, 0.3) is 22.0 Å². The van der Waals surface area contributed by atoms with Crippen molar-refractivity contribution < 1.29 is 9.18 Å². The lowest BCUT2D eigenvalue weighted by Gasteiger charge is -2.57. The Morgan fingerprint density at radius 3 is 2.35 bits per heavy atom. The molecule has 0 bridgehead atoms. The third-order valence-corrected chi connectivity index (χ3v) is 7.79. The van der Waals surface area contributed by atoms with Gasteiger partial charge in [0.1, 0.15) is 5.82 Å². The first kappa shape index (κ1) is 21.2. The fraction of sp³-hybridized carbons (Fsp3) is 0.300. The minimum Gasteiger partial charge on any atom is -0.349 e. The number of hydrogen-bond donors (Lipinski definition) is 1. The van der Waals surface area contributed by atoms with E-state index in [-0.39, 0.29) is 17.8 Å². The summed E-state index contributed by atoms with van der Waals surface area (Å²) in [5, 5.41) is 3.71. The van der Waals surface area contributed by atoms with E-state index in [2.05, 4.69) is 48.6 Å². The Balaban J connectivity index is 1.23. The molecule has 1 aromatic heterocycles. The van der Waals surface area contributed by atoms with Crippen molar-refractivity contribution in [3.63, 3.8) is 0 Å². The van der Waals surface area contributed by atoms with E-state index >= 15 is 0 Å². The highest BCUT2D eigenvalue weighted by molar-refractivity contribution is 6.06. The van der Waals surface area contributed by atoms with Crippen LogP contribution < -0.4 is 5.32 Å². The first-order valence-corrected chi connectivity index (χ1v) is 12.2. The Hall–Kier alpha value is -3.40. The maximum absolute atomic E-state index is 14.6. The van der Waals surface area contributed by atoms with Gasteiger partial charge < -0.3 is 9.88 Å². The van der Waals surface area contributed by atoms with Gasteiger partial charge in [0.15, 0.2) is 0 Å². The molecule has 4 heteroatoms. The lowest BCUT2D eigenvalue weighted by atomic mass is 9.50. The van der Waals surface area contributed by atoms with Crippen molar-refractivity contribution >= 4 is 16.8 Å². The SMILES string of the molecule is CC1CC2(C1)CC(NC(=O)c1ccc(F)c3ccn(Cc4ccc(-c5ccccc5)cc4)c13)C2. The molecule has 0 unspecified atom stereocenters. The molecule has 0 aliphatic heterocycles. The highest BCUT2D eigenvalue weighted by atomic mass is 19.1. The number of nitrogens with zero attached hydrogens (tertiary/aromatic N) is 1. The molecule has 6 rings (SSSR count). The van der Waals surface area contributed by atoms with Gasteiger partial charge in [-0.15, -0.1) is 0 Å². The number of nitrogens with one attached hydrogen (secondary N) is 1. The van der Waals surface area contributed by atoms with Crippen LogP contribution in [0.1, 0.15) is 48.5 Å². The molecule has 1 spiro atoms. The summed E-state index contributed by atoms with van der Waals surface area (Å²) in [4.78, 5) is 13.2. The van der Waals surface area contributed by atoms with Crippen molar-refractivity contribution in [3.05, 3.63) is 95.9 Å². The molecule has 2 fully saturated rings. The van der Waals surface area contributed by atoms with Crippen LogP contribution in [-0.2, 0) is 6.54 Å². The van der Waals surface area contributed by atoms with Crippen molar-refractivity contribution in [2.24, 2.45) is 11.3 Å². The smallest absolute Gasteiger partial charge is 0.253 e. The molecule has 0 saturated heterocycles. The van der Waals surface area contributed by atoms with Gasteiger partial charge in [0.2, 0.25) is 0 Å². The van der Waals surface area contributed by atoms with Crippen LogP contribution in [0.4, 0.5) is 4.39 Å². The van der Waals surface area contributed by atoms with Crippen LogP contribution in [0.3, 0.4) is 0 Å². The first-order valence-electron chi connectivity index (χ1n) is 12.2. The van der Waals surface area contributed by atoms with E-state index in [9.17, 15) is 9.18 Å². The number of hydrogen-bond acceptors (Lipinski definition) is 1. The van der Waals surface area contributed by atoms with E-state index in [1.165, 1.54) is 24.5 Å². The normalized spacial score (nSPS) is 23.5. The van der Waals surface area contributed by atoms with Gasteiger partial charge in [0.05, 0.1) is 11.1 Å². The Morgan fingerprint density at radius 1 is 0.941 bits per heavy atom. The summed E-state index contributed by atoms with van der Waals surface area (Å²) in [5.41, 5.74) is 5.12. The molecule has 1 N–H and O–H groups in total. The standard InChI is InChI=1S/C30H29FN2O/c1-20-15-30(16-20)17-24(18-30)32-29(34)26-11-12-27(31)25-13-14-33(28(25)26)19-21-7-9-23(10-8-21)22-5-3-2-4-6-22/h2-14,20,24H,15-19H2,1H3,(H,32,34). The topological polar surface area (TPSA) is 34.0 Å². The zero-order valence-electron chi connectivity index (χ0n) is 19.4. The third-order valence-electron chi connectivity index (χ3n) is 7.79. The first-order chi connectivity index (χ1) is 16.5.